The fourth-order valence-electron chi connectivity index (χ4n) is 1.53. The van der Waals surface area contributed by atoms with Gasteiger partial charge in [0.25, 0.3) is 5.69 Å². The van der Waals surface area contributed by atoms with Gasteiger partial charge in [0.05, 0.1) is 4.92 Å². The summed E-state index contributed by atoms with van der Waals surface area (Å²) < 4.78 is 0. The van der Waals surface area contributed by atoms with Crippen LogP contribution in [0.2, 0.25) is 0 Å². The molecule has 106 valence electrons. The van der Waals surface area contributed by atoms with Crippen molar-refractivity contribution in [3.8, 4) is 0 Å². The van der Waals surface area contributed by atoms with E-state index in [0.29, 0.717) is 18.5 Å². The number of carbonyl (C=O) groups excluding carboxylic acids is 2. The van der Waals surface area contributed by atoms with Gasteiger partial charge in [0.15, 0.2) is 0 Å². The van der Waals surface area contributed by atoms with E-state index in [-0.39, 0.29) is 17.2 Å². The zero-order valence-electron chi connectivity index (χ0n) is 11.0. The largest absolute Gasteiger partial charge is 0.366 e. The van der Waals surface area contributed by atoms with Crippen LogP contribution in [0.5, 0.6) is 0 Å². The van der Waals surface area contributed by atoms with Crippen LogP contribution < -0.4 is 11.1 Å². The summed E-state index contributed by atoms with van der Waals surface area (Å²) in [6.07, 6.45) is 3.97. The number of carbonyl (C=O) groups is 2. The number of nitro benzene ring substituents is 1. The van der Waals surface area contributed by atoms with Gasteiger partial charge in [-0.25, -0.2) is 0 Å². The Hall–Kier alpha value is -2.70. The lowest BCUT2D eigenvalue weighted by atomic mass is 10.1. The summed E-state index contributed by atoms with van der Waals surface area (Å²) in [4.78, 5) is 31.9. The summed E-state index contributed by atoms with van der Waals surface area (Å²) in [5.41, 5.74) is 5.53. The van der Waals surface area contributed by atoms with E-state index in [2.05, 4.69) is 5.32 Å². The second-order valence-corrected chi connectivity index (χ2v) is 4.11. The summed E-state index contributed by atoms with van der Waals surface area (Å²) in [7, 11) is 0. The molecule has 2 amide bonds. The molecule has 0 saturated heterocycles. The fraction of sp³-hybridized carbons (Fsp3) is 0.231. The zero-order valence-corrected chi connectivity index (χ0v) is 11.0. The second-order valence-electron chi connectivity index (χ2n) is 4.11. The van der Waals surface area contributed by atoms with Crippen LogP contribution >= 0.6 is 0 Å². The number of hydrogen-bond donors (Lipinski definition) is 2. The molecule has 0 fully saturated rings. The van der Waals surface area contributed by atoms with Crippen molar-refractivity contribution in [3.05, 3.63) is 45.5 Å². The molecule has 0 aliphatic rings. The molecule has 0 aliphatic carbocycles. The highest BCUT2D eigenvalue weighted by atomic mass is 16.6. The van der Waals surface area contributed by atoms with Gasteiger partial charge in [-0.1, -0.05) is 12.2 Å². The minimum atomic E-state index is -0.721. The average molecular weight is 277 g/mol. The van der Waals surface area contributed by atoms with Crippen LogP contribution in [0.4, 0.5) is 5.69 Å². The van der Waals surface area contributed by atoms with Gasteiger partial charge in [0.2, 0.25) is 11.8 Å². The lowest BCUT2D eigenvalue weighted by Gasteiger charge is -2.00. The van der Waals surface area contributed by atoms with Crippen molar-refractivity contribution in [3.63, 3.8) is 0 Å². The SMILES string of the molecule is CC(=O)NCCC=Cc1cc(C(N)=O)cc([N+](=O)[O-])c1. The molecule has 0 bridgehead atoms. The third kappa shape index (κ3) is 4.89. The molecule has 1 aromatic carbocycles. The number of rotatable bonds is 6. The van der Waals surface area contributed by atoms with Gasteiger partial charge in [-0.15, -0.1) is 0 Å². The smallest absolute Gasteiger partial charge is 0.270 e. The van der Waals surface area contributed by atoms with Gasteiger partial charge in [0, 0.05) is 31.2 Å². The van der Waals surface area contributed by atoms with Crippen molar-refractivity contribution in [1.29, 1.82) is 0 Å². The Bertz CT molecular complexity index is 534. The number of hydrogen-bond acceptors (Lipinski definition) is 4. The van der Waals surface area contributed by atoms with E-state index in [9.17, 15) is 19.7 Å². The Morgan fingerprint density at radius 1 is 1.40 bits per heavy atom. The first-order chi connectivity index (χ1) is 9.40. The third-order valence-corrected chi connectivity index (χ3v) is 2.43. The monoisotopic (exact) mass is 277 g/mol. The van der Waals surface area contributed by atoms with Gasteiger partial charge in [-0.3, -0.25) is 19.7 Å². The first-order valence-electron chi connectivity index (χ1n) is 5.90. The Morgan fingerprint density at radius 2 is 2.10 bits per heavy atom. The fourth-order valence-corrected chi connectivity index (χ4v) is 1.53. The molecule has 0 aliphatic heterocycles. The molecular formula is C13H15N3O4. The number of nitrogens with two attached hydrogens (primary N) is 1. The Balaban J connectivity index is 2.83. The van der Waals surface area contributed by atoms with Gasteiger partial charge < -0.3 is 11.1 Å². The Morgan fingerprint density at radius 3 is 2.65 bits per heavy atom. The molecule has 3 N–H and O–H groups in total. The number of non-ortho nitro benzene ring substituents is 1. The van der Waals surface area contributed by atoms with E-state index in [0.717, 1.165) is 6.07 Å². The number of nitro groups is 1. The molecule has 0 aromatic heterocycles. The molecule has 7 nitrogen and oxygen atoms in total. The molecule has 1 aromatic rings. The van der Waals surface area contributed by atoms with Crippen LogP contribution in [-0.4, -0.2) is 23.3 Å². The summed E-state index contributed by atoms with van der Waals surface area (Å²) in [6, 6.07) is 3.96. The second kappa shape index (κ2) is 7.03. The minimum absolute atomic E-state index is 0.0840. The molecule has 0 heterocycles. The molecule has 7 heteroatoms. The standard InChI is InChI=1S/C13H15N3O4/c1-9(17)15-5-3-2-4-10-6-11(13(14)18)8-12(7-10)16(19)20/h2,4,6-8H,3,5H2,1H3,(H2,14,18)(H,15,17). The van der Waals surface area contributed by atoms with E-state index in [1.165, 1.54) is 19.1 Å². The lowest BCUT2D eigenvalue weighted by Crippen LogP contribution is -2.20. The summed E-state index contributed by atoms with van der Waals surface area (Å²) in [5, 5.41) is 13.4. The molecule has 0 saturated carbocycles. The van der Waals surface area contributed by atoms with Crippen molar-refractivity contribution in [2.24, 2.45) is 5.73 Å². The molecule has 0 atom stereocenters. The van der Waals surface area contributed by atoms with Gasteiger partial charge >= 0.3 is 0 Å². The predicted octanol–water partition coefficient (Wildman–Crippen LogP) is 1.23. The van der Waals surface area contributed by atoms with Gasteiger partial charge in [-0.05, 0) is 18.1 Å². The lowest BCUT2D eigenvalue weighted by molar-refractivity contribution is -0.384. The van der Waals surface area contributed by atoms with Crippen LogP contribution in [0, 0.1) is 10.1 Å². The Labute approximate surface area is 115 Å². The van der Waals surface area contributed by atoms with Crippen molar-refractivity contribution < 1.29 is 14.5 Å². The van der Waals surface area contributed by atoms with Crippen LogP contribution in [0.25, 0.3) is 6.08 Å². The third-order valence-electron chi connectivity index (χ3n) is 2.43. The molecule has 0 unspecified atom stereocenters. The number of primary amides is 1. The summed E-state index contributed by atoms with van der Waals surface area (Å²) in [6.45, 7) is 1.90. The van der Waals surface area contributed by atoms with E-state index in [1.54, 1.807) is 12.2 Å². The molecule has 0 radical (unpaired) electrons. The summed E-state index contributed by atoms with van der Waals surface area (Å²) >= 11 is 0. The van der Waals surface area contributed by atoms with Crippen molar-refractivity contribution in [2.75, 3.05) is 6.54 Å². The quantitative estimate of drug-likeness (QED) is 0.462. The normalized spacial score (nSPS) is 10.4. The highest BCUT2D eigenvalue weighted by Gasteiger charge is 2.11. The molecule has 0 spiro atoms. The van der Waals surface area contributed by atoms with Crippen LogP contribution in [0.3, 0.4) is 0 Å². The maximum absolute atomic E-state index is 11.1. The number of nitrogens with zero attached hydrogens (tertiary/aromatic N) is 1. The maximum Gasteiger partial charge on any atom is 0.270 e. The van der Waals surface area contributed by atoms with Crippen molar-refractivity contribution >= 4 is 23.6 Å². The number of amides is 2. The number of nitrogens with one attached hydrogen (secondary N) is 1. The van der Waals surface area contributed by atoms with Crippen LogP contribution in [0.15, 0.2) is 24.3 Å². The first-order valence-corrected chi connectivity index (χ1v) is 5.90. The topological polar surface area (TPSA) is 115 Å². The maximum atomic E-state index is 11.1. The van der Waals surface area contributed by atoms with Gasteiger partial charge in [0.1, 0.15) is 0 Å². The Kier molecular flexibility index (Phi) is 5.40. The first kappa shape index (κ1) is 15.4. The zero-order chi connectivity index (χ0) is 15.1. The van der Waals surface area contributed by atoms with Crippen LogP contribution in [0.1, 0.15) is 29.3 Å². The molecular weight excluding hydrogens is 262 g/mol. The van der Waals surface area contributed by atoms with E-state index < -0.39 is 10.8 Å². The van der Waals surface area contributed by atoms with E-state index in [1.807, 2.05) is 0 Å². The van der Waals surface area contributed by atoms with E-state index >= 15 is 0 Å². The highest BCUT2D eigenvalue weighted by molar-refractivity contribution is 5.94. The van der Waals surface area contributed by atoms with Gasteiger partial charge in [-0.2, -0.15) is 0 Å². The average Bonchev–Trinajstić information content (AvgIpc) is 2.37. The summed E-state index contributed by atoms with van der Waals surface area (Å²) in [5.74, 6) is -0.841. The highest BCUT2D eigenvalue weighted by Crippen LogP contribution is 2.18. The predicted molar refractivity (Wildman–Crippen MR) is 73.9 cm³/mol. The molecule has 1 rings (SSSR count). The van der Waals surface area contributed by atoms with Crippen LogP contribution in [-0.2, 0) is 4.79 Å². The number of benzene rings is 1. The minimum Gasteiger partial charge on any atom is -0.366 e. The van der Waals surface area contributed by atoms with Crippen molar-refractivity contribution in [1.82, 2.24) is 5.32 Å². The van der Waals surface area contributed by atoms with E-state index in [4.69, 9.17) is 5.73 Å². The molecule has 20 heavy (non-hydrogen) atoms. The van der Waals surface area contributed by atoms with Crippen molar-refractivity contribution in [2.45, 2.75) is 13.3 Å².